The second kappa shape index (κ2) is 8.56. The van der Waals surface area contributed by atoms with Gasteiger partial charge in [0.15, 0.2) is 46.5 Å². The summed E-state index contributed by atoms with van der Waals surface area (Å²) in [5, 5.41) is 26.4. The second-order valence-corrected chi connectivity index (χ2v) is 5.55. The summed E-state index contributed by atoms with van der Waals surface area (Å²) in [7, 11) is 0. The average Bonchev–Trinajstić information content (AvgIpc) is 2.76. The van der Waals surface area contributed by atoms with E-state index in [2.05, 4.69) is 0 Å². The molecule has 2 aromatic carbocycles. The van der Waals surface area contributed by atoms with Crippen LogP contribution in [-0.2, 0) is 0 Å². The smallest absolute Gasteiger partial charge is 0.185 e. The van der Waals surface area contributed by atoms with E-state index in [1.807, 2.05) is 0 Å². The largest absolute Gasteiger partial charge is 0.394 e. The van der Waals surface area contributed by atoms with Crippen LogP contribution < -0.4 is 5.73 Å². The quantitative estimate of drug-likeness (QED) is 0.242. The number of hydrogen-bond donors (Lipinski definition) is 1. The fraction of sp³-hybridized carbons (Fsp3) is 0. The molecule has 0 saturated heterocycles. The SMILES string of the molecule is N#CC(C#N)=C(C#N)c1c(F)c(F)c(C=Cc2c(F)c(F)c(N)c(F)c2F)c(F)c1F. The fourth-order valence-corrected chi connectivity index (χ4v) is 2.37. The lowest BCUT2D eigenvalue weighted by molar-refractivity contribution is 0.448. The van der Waals surface area contributed by atoms with Gasteiger partial charge >= 0.3 is 0 Å². The summed E-state index contributed by atoms with van der Waals surface area (Å²) in [4.78, 5) is 0. The van der Waals surface area contributed by atoms with Gasteiger partial charge in [-0.3, -0.25) is 0 Å². The number of anilines is 1. The lowest BCUT2D eigenvalue weighted by Crippen LogP contribution is -2.07. The van der Waals surface area contributed by atoms with Crippen molar-refractivity contribution in [3.63, 3.8) is 0 Å². The number of benzene rings is 2. The minimum Gasteiger partial charge on any atom is -0.394 e. The first-order chi connectivity index (χ1) is 14.5. The zero-order chi connectivity index (χ0) is 23.6. The number of nitrogens with two attached hydrogens (primary N) is 1. The van der Waals surface area contributed by atoms with Crippen molar-refractivity contribution in [1.82, 2.24) is 0 Å². The first-order valence-corrected chi connectivity index (χ1v) is 7.63. The van der Waals surface area contributed by atoms with Crippen molar-refractivity contribution < 1.29 is 35.1 Å². The normalized spacial score (nSPS) is 10.5. The molecule has 156 valence electrons. The minimum atomic E-state index is -2.21. The van der Waals surface area contributed by atoms with Gasteiger partial charge in [-0.2, -0.15) is 15.8 Å². The average molecular weight is 440 g/mol. The first-order valence-electron chi connectivity index (χ1n) is 7.63. The Morgan fingerprint density at radius 2 is 0.935 bits per heavy atom. The number of halogens is 8. The maximum Gasteiger partial charge on any atom is 0.185 e. The van der Waals surface area contributed by atoms with Gasteiger partial charge in [-0.25, -0.2) is 35.1 Å². The molecule has 2 aromatic rings. The number of hydrogen-bond acceptors (Lipinski definition) is 4. The van der Waals surface area contributed by atoms with Crippen LogP contribution in [0.5, 0.6) is 0 Å². The van der Waals surface area contributed by atoms with Gasteiger partial charge < -0.3 is 5.73 Å². The molecule has 0 spiro atoms. The molecule has 12 heteroatoms. The highest BCUT2D eigenvalue weighted by Gasteiger charge is 2.29. The first kappa shape index (κ1) is 22.9. The molecule has 0 aromatic heterocycles. The van der Waals surface area contributed by atoms with E-state index in [0.29, 0.717) is 0 Å². The molecule has 0 radical (unpaired) electrons. The van der Waals surface area contributed by atoms with Crippen molar-refractivity contribution in [3.8, 4) is 18.2 Å². The fourth-order valence-electron chi connectivity index (χ4n) is 2.37. The molecule has 0 amide bonds. The zero-order valence-electron chi connectivity index (χ0n) is 14.6. The van der Waals surface area contributed by atoms with Gasteiger partial charge in [-0.05, 0) is 12.2 Å². The predicted molar refractivity (Wildman–Crippen MR) is 89.6 cm³/mol. The highest BCUT2D eigenvalue weighted by molar-refractivity contribution is 5.85. The molecule has 0 aliphatic carbocycles. The molecule has 0 aliphatic rings. The van der Waals surface area contributed by atoms with Crippen molar-refractivity contribution in [3.05, 3.63) is 68.8 Å². The van der Waals surface area contributed by atoms with E-state index in [0.717, 1.165) is 18.2 Å². The Labute approximate surface area is 168 Å². The Kier molecular flexibility index (Phi) is 6.32. The van der Waals surface area contributed by atoms with Crippen molar-refractivity contribution in [2.24, 2.45) is 0 Å². The Bertz CT molecular complexity index is 1230. The van der Waals surface area contributed by atoms with E-state index in [4.69, 9.17) is 21.5 Å². The summed E-state index contributed by atoms with van der Waals surface area (Å²) in [6, 6.07) is 3.32. The monoisotopic (exact) mass is 440 g/mol. The van der Waals surface area contributed by atoms with Crippen molar-refractivity contribution in [2.45, 2.75) is 0 Å². The zero-order valence-corrected chi connectivity index (χ0v) is 14.6. The van der Waals surface area contributed by atoms with Crippen molar-refractivity contribution >= 4 is 23.4 Å². The molecular weight excluding hydrogens is 436 g/mol. The number of nitrogens with zero attached hydrogens (tertiary/aromatic N) is 3. The van der Waals surface area contributed by atoms with Gasteiger partial charge in [0.2, 0.25) is 0 Å². The topological polar surface area (TPSA) is 97.4 Å². The van der Waals surface area contributed by atoms with Crippen molar-refractivity contribution in [1.29, 1.82) is 15.8 Å². The van der Waals surface area contributed by atoms with Crippen LogP contribution in [0.25, 0.3) is 17.7 Å². The third kappa shape index (κ3) is 3.65. The molecule has 2 rings (SSSR count). The summed E-state index contributed by atoms with van der Waals surface area (Å²) in [6.07, 6.45) is 0.162. The van der Waals surface area contributed by atoms with E-state index >= 15 is 0 Å². The number of rotatable bonds is 3. The molecule has 0 fully saturated rings. The summed E-state index contributed by atoms with van der Waals surface area (Å²) >= 11 is 0. The summed E-state index contributed by atoms with van der Waals surface area (Å²) < 4.78 is 112. The highest BCUT2D eigenvalue weighted by Crippen LogP contribution is 2.32. The Morgan fingerprint density at radius 3 is 1.26 bits per heavy atom. The van der Waals surface area contributed by atoms with E-state index in [1.165, 1.54) is 0 Å². The standard InChI is InChI=1S/C19H4F8N4/c20-11-7(1-2-8-13(22)17(26)19(31)18(27)14(8)23)12(21)16(25)10(15(11)24)9(5-30)6(3-28)4-29/h1-2H,31H2. The summed E-state index contributed by atoms with van der Waals surface area (Å²) in [6.45, 7) is 0. The lowest BCUT2D eigenvalue weighted by atomic mass is 9.97. The molecule has 2 N–H and O–H groups in total. The van der Waals surface area contributed by atoms with Crippen LogP contribution in [0.15, 0.2) is 5.57 Å². The minimum absolute atomic E-state index is 0.0719. The van der Waals surface area contributed by atoms with Gasteiger partial charge in [-0.1, -0.05) is 0 Å². The molecule has 0 aliphatic heterocycles. The van der Waals surface area contributed by atoms with Crippen LogP contribution in [0.3, 0.4) is 0 Å². The number of nitrogen functional groups attached to an aromatic ring is 1. The maximum atomic E-state index is 14.3. The van der Waals surface area contributed by atoms with Crippen LogP contribution in [0.1, 0.15) is 16.7 Å². The van der Waals surface area contributed by atoms with Gasteiger partial charge in [0.25, 0.3) is 0 Å². The lowest BCUT2D eigenvalue weighted by Gasteiger charge is -2.10. The van der Waals surface area contributed by atoms with Crippen LogP contribution in [0, 0.1) is 80.5 Å². The van der Waals surface area contributed by atoms with Gasteiger partial charge in [0, 0.05) is 0 Å². The molecule has 0 unspecified atom stereocenters. The van der Waals surface area contributed by atoms with Gasteiger partial charge in [0.05, 0.1) is 22.3 Å². The molecule has 0 saturated carbocycles. The molecule has 31 heavy (non-hydrogen) atoms. The van der Waals surface area contributed by atoms with Crippen LogP contribution in [-0.4, -0.2) is 0 Å². The van der Waals surface area contributed by atoms with Gasteiger partial charge in [0.1, 0.15) is 29.5 Å². The van der Waals surface area contributed by atoms with Gasteiger partial charge in [-0.15, -0.1) is 0 Å². The Morgan fingerprint density at radius 1 is 0.581 bits per heavy atom. The van der Waals surface area contributed by atoms with E-state index < -0.39 is 80.1 Å². The maximum absolute atomic E-state index is 14.3. The molecule has 4 nitrogen and oxygen atoms in total. The third-order valence-electron chi connectivity index (χ3n) is 3.88. The van der Waals surface area contributed by atoms with Crippen LogP contribution in [0.4, 0.5) is 40.8 Å². The predicted octanol–water partition coefficient (Wildman–Crippen LogP) is 4.88. The summed E-state index contributed by atoms with van der Waals surface area (Å²) in [5.41, 5.74) is -3.92. The van der Waals surface area contributed by atoms with Crippen molar-refractivity contribution in [2.75, 3.05) is 5.73 Å². The molecular formula is C19H4F8N4. The van der Waals surface area contributed by atoms with E-state index in [9.17, 15) is 35.1 Å². The highest BCUT2D eigenvalue weighted by atomic mass is 19.2. The van der Waals surface area contributed by atoms with Crippen LogP contribution in [0.2, 0.25) is 0 Å². The van der Waals surface area contributed by atoms with E-state index in [1.54, 1.807) is 0 Å². The van der Waals surface area contributed by atoms with E-state index in [-0.39, 0.29) is 12.2 Å². The Balaban J connectivity index is 2.80. The summed E-state index contributed by atoms with van der Waals surface area (Å²) in [5.74, 6) is -16.9. The third-order valence-corrected chi connectivity index (χ3v) is 3.88. The molecule has 0 bridgehead atoms. The second-order valence-electron chi connectivity index (χ2n) is 5.55. The number of nitriles is 3. The molecule has 0 atom stereocenters. The Hall–Kier alpha value is -4.37. The van der Waals surface area contributed by atoms with Crippen LogP contribution >= 0.6 is 0 Å². The number of allylic oxidation sites excluding steroid dienone is 2. The molecule has 0 heterocycles.